The van der Waals surface area contributed by atoms with E-state index in [1.165, 1.54) is 0 Å². The lowest BCUT2D eigenvalue weighted by Crippen LogP contribution is -2.41. The summed E-state index contributed by atoms with van der Waals surface area (Å²) in [7, 11) is 0. The van der Waals surface area contributed by atoms with Gasteiger partial charge in [-0.05, 0) is 45.9 Å². The molecule has 0 aromatic heterocycles. The van der Waals surface area contributed by atoms with Gasteiger partial charge in [-0.15, -0.1) is 0 Å². The second kappa shape index (κ2) is 5.81. The van der Waals surface area contributed by atoms with E-state index >= 15 is 0 Å². The van der Waals surface area contributed by atoms with E-state index in [9.17, 15) is 9.90 Å². The number of anilines is 2. The lowest BCUT2D eigenvalue weighted by molar-refractivity contribution is 0.0636. The van der Waals surface area contributed by atoms with Crippen LogP contribution >= 0.6 is 0 Å². The van der Waals surface area contributed by atoms with Crippen LogP contribution in [0.4, 0.5) is 16.2 Å². The first-order chi connectivity index (χ1) is 9.78. The fourth-order valence-corrected chi connectivity index (χ4v) is 2.04. The highest BCUT2D eigenvalue weighted by Crippen LogP contribution is 2.33. The predicted molar refractivity (Wildman–Crippen MR) is 80.9 cm³/mol. The van der Waals surface area contributed by atoms with Gasteiger partial charge in [0.1, 0.15) is 17.5 Å². The Balaban J connectivity index is 2.08. The zero-order chi connectivity index (χ0) is 15.6. The molecule has 0 fully saturated rings. The first-order valence-electron chi connectivity index (χ1n) is 6.96. The highest BCUT2D eigenvalue weighted by molar-refractivity contribution is 5.86. The third-order valence-electron chi connectivity index (χ3n) is 3.02. The van der Waals surface area contributed by atoms with E-state index < -0.39 is 11.7 Å². The van der Waals surface area contributed by atoms with Crippen molar-refractivity contribution in [2.75, 3.05) is 17.2 Å². The summed E-state index contributed by atoms with van der Waals surface area (Å²) in [5, 5.41) is 15.2. The molecular weight excluding hydrogens is 272 g/mol. The second-order valence-corrected chi connectivity index (χ2v) is 6.11. The van der Waals surface area contributed by atoms with Gasteiger partial charge in [-0.25, -0.2) is 4.79 Å². The number of amides is 1. The molecule has 1 amide bonds. The van der Waals surface area contributed by atoms with Crippen molar-refractivity contribution in [1.29, 1.82) is 0 Å². The molecule has 6 nitrogen and oxygen atoms in total. The summed E-state index contributed by atoms with van der Waals surface area (Å²) in [5.41, 5.74) is 0.859. The van der Waals surface area contributed by atoms with Gasteiger partial charge < -0.3 is 19.9 Å². The average molecular weight is 294 g/mol. The van der Waals surface area contributed by atoms with E-state index in [-0.39, 0.29) is 18.8 Å². The summed E-state index contributed by atoms with van der Waals surface area (Å²) in [5.74, 6) is 0.655. The maximum atomic E-state index is 11.7. The summed E-state index contributed by atoms with van der Waals surface area (Å²) in [6.45, 7) is 7.31. The van der Waals surface area contributed by atoms with E-state index in [4.69, 9.17) is 9.47 Å². The van der Waals surface area contributed by atoms with Crippen molar-refractivity contribution in [3.8, 4) is 5.75 Å². The second-order valence-electron chi connectivity index (χ2n) is 6.11. The molecular formula is C15H22N2O4. The largest absolute Gasteiger partial charge is 0.484 e. The van der Waals surface area contributed by atoms with Crippen LogP contribution < -0.4 is 15.4 Å². The van der Waals surface area contributed by atoms with Crippen LogP contribution in [0, 0.1) is 0 Å². The average Bonchev–Trinajstić information content (AvgIpc) is 2.35. The van der Waals surface area contributed by atoms with Crippen LogP contribution in [0.15, 0.2) is 18.2 Å². The van der Waals surface area contributed by atoms with Crippen LogP contribution in [0.1, 0.15) is 27.7 Å². The minimum Gasteiger partial charge on any atom is -0.484 e. The molecule has 116 valence electrons. The zero-order valence-corrected chi connectivity index (χ0v) is 12.8. The Hall–Kier alpha value is -1.95. The predicted octanol–water partition coefficient (Wildman–Crippen LogP) is 2.59. The van der Waals surface area contributed by atoms with E-state index in [1.54, 1.807) is 18.2 Å². The van der Waals surface area contributed by atoms with Crippen molar-refractivity contribution in [2.45, 2.75) is 45.4 Å². The molecule has 0 radical (unpaired) electrons. The van der Waals surface area contributed by atoms with Crippen LogP contribution in [0.3, 0.4) is 0 Å². The number of carbonyl (C=O) groups excluding carboxylic acids is 1. The summed E-state index contributed by atoms with van der Waals surface area (Å²) >= 11 is 0. The summed E-state index contributed by atoms with van der Waals surface area (Å²) in [6.07, 6.45) is -0.775. The number of hydrogen-bond donors (Lipinski definition) is 3. The first kappa shape index (κ1) is 15.4. The molecule has 1 aliphatic heterocycles. The van der Waals surface area contributed by atoms with Gasteiger partial charge in [-0.2, -0.15) is 0 Å². The van der Waals surface area contributed by atoms with Crippen molar-refractivity contribution in [2.24, 2.45) is 0 Å². The van der Waals surface area contributed by atoms with E-state index in [1.807, 2.05) is 27.7 Å². The minimum absolute atomic E-state index is 0.0146. The molecule has 1 aromatic rings. The number of fused-ring (bicyclic) bond motifs is 1. The van der Waals surface area contributed by atoms with Crippen LogP contribution in [-0.2, 0) is 4.74 Å². The highest BCUT2D eigenvalue weighted by Gasteiger charge is 2.26. The number of ether oxygens (including phenoxy) is 2. The molecule has 0 aliphatic carbocycles. The highest BCUT2D eigenvalue weighted by atomic mass is 16.6. The Labute approximate surface area is 124 Å². The number of aliphatic hydroxyl groups excluding tert-OH is 1. The third-order valence-corrected chi connectivity index (χ3v) is 3.02. The molecule has 1 aromatic carbocycles. The van der Waals surface area contributed by atoms with Gasteiger partial charge in [0.2, 0.25) is 0 Å². The number of nitrogens with one attached hydrogen (secondary N) is 2. The molecule has 2 atom stereocenters. The topological polar surface area (TPSA) is 79.8 Å². The Bertz CT molecular complexity index is 525. The first-order valence-corrected chi connectivity index (χ1v) is 6.96. The summed E-state index contributed by atoms with van der Waals surface area (Å²) in [6, 6.07) is 5.25. The van der Waals surface area contributed by atoms with Crippen LogP contribution in [0.25, 0.3) is 0 Å². The van der Waals surface area contributed by atoms with Crippen molar-refractivity contribution >= 4 is 17.5 Å². The van der Waals surface area contributed by atoms with E-state index in [2.05, 4.69) is 10.6 Å². The molecule has 0 saturated heterocycles. The maximum absolute atomic E-state index is 11.7. The molecule has 21 heavy (non-hydrogen) atoms. The van der Waals surface area contributed by atoms with E-state index in [0.717, 1.165) is 5.69 Å². The van der Waals surface area contributed by atoms with Crippen molar-refractivity contribution < 1.29 is 19.4 Å². The molecule has 0 unspecified atom stereocenters. The van der Waals surface area contributed by atoms with Crippen LogP contribution in [-0.4, -0.2) is 35.6 Å². The van der Waals surface area contributed by atoms with Gasteiger partial charge in [0.05, 0.1) is 18.3 Å². The molecule has 0 saturated carbocycles. The molecule has 1 heterocycles. The lowest BCUT2D eigenvalue weighted by atomic mass is 10.1. The molecule has 0 spiro atoms. The molecule has 2 rings (SSSR count). The Morgan fingerprint density at radius 1 is 1.48 bits per heavy atom. The van der Waals surface area contributed by atoms with Gasteiger partial charge in [-0.3, -0.25) is 5.32 Å². The Kier molecular flexibility index (Phi) is 4.27. The quantitative estimate of drug-likeness (QED) is 0.781. The standard InChI is InChI=1S/C15H22N2O4/c1-9-13(8-18)20-12-6-5-10(7-11(12)16-9)17-14(19)21-15(2,3)4/h5-7,9,13,16,18H,8H2,1-4H3,(H,17,19)/t9-,13-/m0/s1. The fourth-order valence-electron chi connectivity index (χ4n) is 2.04. The third kappa shape index (κ3) is 4.01. The Morgan fingerprint density at radius 3 is 2.81 bits per heavy atom. The monoisotopic (exact) mass is 294 g/mol. The summed E-state index contributed by atoms with van der Waals surface area (Å²) < 4.78 is 10.9. The number of carbonyl (C=O) groups is 1. The smallest absolute Gasteiger partial charge is 0.412 e. The number of aliphatic hydroxyl groups is 1. The molecule has 1 aliphatic rings. The van der Waals surface area contributed by atoms with Gasteiger partial charge >= 0.3 is 6.09 Å². The van der Waals surface area contributed by atoms with Crippen molar-refractivity contribution in [3.63, 3.8) is 0 Å². The number of benzene rings is 1. The lowest BCUT2D eigenvalue weighted by Gasteiger charge is -2.32. The van der Waals surface area contributed by atoms with Gasteiger partial charge in [0, 0.05) is 5.69 Å². The minimum atomic E-state index is -0.539. The van der Waals surface area contributed by atoms with Crippen LogP contribution in [0.2, 0.25) is 0 Å². The molecule has 0 bridgehead atoms. The zero-order valence-electron chi connectivity index (χ0n) is 12.8. The van der Waals surface area contributed by atoms with Crippen molar-refractivity contribution in [3.05, 3.63) is 18.2 Å². The Morgan fingerprint density at radius 2 is 2.19 bits per heavy atom. The fraction of sp³-hybridized carbons (Fsp3) is 0.533. The molecule has 3 N–H and O–H groups in total. The normalized spacial score (nSPS) is 20.8. The van der Waals surface area contributed by atoms with Gasteiger partial charge in [-0.1, -0.05) is 0 Å². The maximum Gasteiger partial charge on any atom is 0.412 e. The van der Waals surface area contributed by atoms with Crippen molar-refractivity contribution in [1.82, 2.24) is 0 Å². The summed E-state index contributed by atoms with van der Waals surface area (Å²) in [4.78, 5) is 11.7. The van der Waals surface area contributed by atoms with Crippen LogP contribution in [0.5, 0.6) is 5.75 Å². The van der Waals surface area contributed by atoms with Gasteiger partial charge in [0.25, 0.3) is 0 Å². The van der Waals surface area contributed by atoms with E-state index in [0.29, 0.717) is 11.4 Å². The number of hydrogen-bond acceptors (Lipinski definition) is 5. The number of rotatable bonds is 2. The van der Waals surface area contributed by atoms with Gasteiger partial charge in [0.15, 0.2) is 0 Å². The SMILES string of the molecule is C[C@@H]1Nc2cc(NC(=O)OC(C)(C)C)ccc2O[C@H]1CO. The molecule has 6 heteroatoms.